The number of hydrogen-bond acceptors (Lipinski definition) is 3. The highest BCUT2D eigenvalue weighted by Crippen LogP contribution is 1.98. The van der Waals surface area contributed by atoms with E-state index in [0.717, 1.165) is 38.8 Å². The molecular formula is C9H18N2O. The number of rotatable bonds is 5. The van der Waals surface area contributed by atoms with Crippen LogP contribution < -0.4 is 5.32 Å². The van der Waals surface area contributed by atoms with E-state index in [9.17, 15) is 4.79 Å². The van der Waals surface area contributed by atoms with Crippen LogP contribution in [0.15, 0.2) is 0 Å². The monoisotopic (exact) mass is 170 g/mol. The van der Waals surface area contributed by atoms with Gasteiger partial charge in [-0.25, -0.2) is 0 Å². The van der Waals surface area contributed by atoms with Crippen molar-refractivity contribution >= 4 is 6.29 Å². The van der Waals surface area contributed by atoms with E-state index in [1.807, 2.05) is 0 Å². The molecule has 1 rings (SSSR count). The van der Waals surface area contributed by atoms with Crippen molar-refractivity contribution in [1.82, 2.24) is 10.2 Å². The molecule has 0 radical (unpaired) electrons. The summed E-state index contributed by atoms with van der Waals surface area (Å²) in [7, 11) is 0. The lowest BCUT2D eigenvalue weighted by Gasteiger charge is -2.26. The van der Waals surface area contributed by atoms with Crippen molar-refractivity contribution < 1.29 is 4.79 Å². The lowest BCUT2D eigenvalue weighted by Crippen LogP contribution is -2.43. The fourth-order valence-corrected chi connectivity index (χ4v) is 1.50. The van der Waals surface area contributed by atoms with Crippen LogP contribution in [0.2, 0.25) is 0 Å². The maximum absolute atomic E-state index is 10.0. The molecule has 12 heavy (non-hydrogen) atoms. The Morgan fingerprint density at radius 3 is 2.67 bits per heavy atom. The average Bonchev–Trinajstić information content (AvgIpc) is 2.14. The quantitative estimate of drug-likeness (QED) is 0.474. The zero-order valence-electron chi connectivity index (χ0n) is 7.59. The Hall–Kier alpha value is -0.410. The van der Waals surface area contributed by atoms with Crippen LogP contribution >= 0.6 is 0 Å². The van der Waals surface area contributed by atoms with Crippen LogP contribution in [0.25, 0.3) is 0 Å². The highest BCUT2D eigenvalue weighted by atomic mass is 16.1. The first kappa shape index (κ1) is 9.68. The Balaban J connectivity index is 1.94. The Kier molecular flexibility index (Phi) is 4.95. The van der Waals surface area contributed by atoms with Crippen molar-refractivity contribution in [2.24, 2.45) is 0 Å². The summed E-state index contributed by atoms with van der Waals surface area (Å²) in [5.74, 6) is 0. The van der Waals surface area contributed by atoms with Crippen molar-refractivity contribution in [3.05, 3.63) is 0 Å². The summed E-state index contributed by atoms with van der Waals surface area (Å²) in [6.07, 6.45) is 3.95. The van der Waals surface area contributed by atoms with Crippen molar-refractivity contribution in [2.75, 3.05) is 32.7 Å². The molecule has 0 saturated carbocycles. The zero-order valence-corrected chi connectivity index (χ0v) is 7.59. The molecule has 1 heterocycles. The topological polar surface area (TPSA) is 32.3 Å². The predicted octanol–water partition coefficient (Wildman–Crippen LogP) is 0.261. The van der Waals surface area contributed by atoms with Crippen LogP contribution in [0.3, 0.4) is 0 Å². The highest BCUT2D eigenvalue weighted by Gasteiger charge is 2.07. The Labute approximate surface area is 74.1 Å². The van der Waals surface area contributed by atoms with Crippen molar-refractivity contribution in [1.29, 1.82) is 0 Å². The third-order valence-corrected chi connectivity index (χ3v) is 2.26. The standard InChI is InChI=1S/C9H18N2O/c12-9-3-1-2-6-11-7-4-10-5-8-11/h9-10H,1-8H2. The SMILES string of the molecule is O=CCCCCN1CCNCC1. The van der Waals surface area contributed by atoms with Gasteiger partial charge in [-0.2, -0.15) is 0 Å². The second-order valence-corrected chi connectivity index (χ2v) is 3.25. The Bertz CT molecular complexity index is 122. The fourth-order valence-electron chi connectivity index (χ4n) is 1.50. The number of aldehydes is 1. The van der Waals surface area contributed by atoms with Gasteiger partial charge in [0.05, 0.1) is 0 Å². The van der Waals surface area contributed by atoms with E-state index in [-0.39, 0.29) is 0 Å². The Morgan fingerprint density at radius 2 is 2.00 bits per heavy atom. The van der Waals surface area contributed by atoms with Gasteiger partial charge in [0.25, 0.3) is 0 Å². The van der Waals surface area contributed by atoms with E-state index in [0.29, 0.717) is 0 Å². The molecule has 1 saturated heterocycles. The maximum atomic E-state index is 10.0. The summed E-state index contributed by atoms with van der Waals surface area (Å²) in [6, 6.07) is 0. The van der Waals surface area contributed by atoms with Gasteiger partial charge in [-0.05, 0) is 19.4 Å². The van der Waals surface area contributed by atoms with Crippen LogP contribution in [0.5, 0.6) is 0 Å². The summed E-state index contributed by atoms with van der Waals surface area (Å²) in [5.41, 5.74) is 0. The van der Waals surface area contributed by atoms with Gasteiger partial charge >= 0.3 is 0 Å². The highest BCUT2D eigenvalue weighted by molar-refractivity contribution is 5.48. The first-order chi connectivity index (χ1) is 5.93. The predicted molar refractivity (Wildman–Crippen MR) is 49.2 cm³/mol. The normalized spacial score (nSPS) is 19.3. The molecule has 0 aromatic heterocycles. The molecule has 0 spiro atoms. The molecule has 1 N–H and O–H groups in total. The molecule has 70 valence electrons. The van der Waals surface area contributed by atoms with Gasteiger partial charge in [0, 0.05) is 32.6 Å². The molecule has 0 bridgehead atoms. The molecular weight excluding hydrogens is 152 g/mol. The van der Waals surface area contributed by atoms with Gasteiger partial charge in [0.15, 0.2) is 0 Å². The molecule has 0 atom stereocenters. The first-order valence-corrected chi connectivity index (χ1v) is 4.80. The summed E-state index contributed by atoms with van der Waals surface area (Å²) in [6.45, 7) is 5.74. The van der Waals surface area contributed by atoms with Crippen molar-refractivity contribution in [3.8, 4) is 0 Å². The van der Waals surface area contributed by atoms with Gasteiger partial charge in [-0.3, -0.25) is 0 Å². The van der Waals surface area contributed by atoms with Crippen LogP contribution in [0.4, 0.5) is 0 Å². The summed E-state index contributed by atoms with van der Waals surface area (Å²) in [4.78, 5) is 12.5. The van der Waals surface area contributed by atoms with E-state index in [1.54, 1.807) is 0 Å². The lowest BCUT2D eigenvalue weighted by molar-refractivity contribution is -0.107. The van der Waals surface area contributed by atoms with Crippen LogP contribution in [-0.2, 0) is 4.79 Å². The summed E-state index contributed by atoms with van der Waals surface area (Å²) in [5, 5.41) is 3.32. The second kappa shape index (κ2) is 6.14. The number of nitrogens with one attached hydrogen (secondary N) is 1. The second-order valence-electron chi connectivity index (χ2n) is 3.25. The molecule has 0 aromatic rings. The molecule has 0 aliphatic carbocycles. The Morgan fingerprint density at radius 1 is 1.25 bits per heavy atom. The van der Waals surface area contributed by atoms with Crippen molar-refractivity contribution in [3.63, 3.8) is 0 Å². The van der Waals surface area contributed by atoms with Gasteiger partial charge in [0.1, 0.15) is 6.29 Å². The number of hydrogen-bond donors (Lipinski definition) is 1. The molecule has 1 aliphatic rings. The van der Waals surface area contributed by atoms with E-state index >= 15 is 0 Å². The van der Waals surface area contributed by atoms with Gasteiger partial charge in [-0.15, -0.1) is 0 Å². The molecule has 0 amide bonds. The first-order valence-electron chi connectivity index (χ1n) is 4.80. The molecule has 3 heteroatoms. The minimum atomic E-state index is 0.728. The molecule has 3 nitrogen and oxygen atoms in total. The molecule has 1 aliphatic heterocycles. The average molecular weight is 170 g/mol. The van der Waals surface area contributed by atoms with E-state index in [2.05, 4.69) is 10.2 Å². The molecule has 0 unspecified atom stereocenters. The third kappa shape index (κ3) is 3.83. The number of piperazine rings is 1. The van der Waals surface area contributed by atoms with E-state index in [1.165, 1.54) is 19.5 Å². The molecule has 0 aromatic carbocycles. The largest absolute Gasteiger partial charge is 0.314 e. The van der Waals surface area contributed by atoms with Gasteiger partial charge < -0.3 is 15.0 Å². The lowest BCUT2D eigenvalue weighted by atomic mass is 10.2. The number of carbonyl (C=O) groups excluding carboxylic acids is 1. The minimum absolute atomic E-state index is 0.728. The summed E-state index contributed by atoms with van der Waals surface area (Å²) < 4.78 is 0. The van der Waals surface area contributed by atoms with Crippen molar-refractivity contribution in [2.45, 2.75) is 19.3 Å². The smallest absolute Gasteiger partial charge is 0.119 e. The minimum Gasteiger partial charge on any atom is -0.314 e. The van der Waals surface area contributed by atoms with Gasteiger partial charge in [-0.1, -0.05) is 0 Å². The van der Waals surface area contributed by atoms with Crippen LogP contribution in [-0.4, -0.2) is 43.9 Å². The van der Waals surface area contributed by atoms with Crippen LogP contribution in [0, 0.1) is 0 Å². The fraction of sp³-hybridized carbons (Fsp3) is 0.889. The summed E-state index contributed by atoms with van der Waals surface area (Å²) >= 11 is 0. The maximum Gasteiger partial charge on any atom is 0.119 e. The van der Waals surface area contributed by atoms with E-state index in [4.69, 9.17) is 0 Å². The third-order valence-electron chi connectivity index (χ3n) is 2.26. The molecule has 1 fully saturated rings. The zero-order chi connectivity index (χ0) is 8.65. The van der Waals surface area contributed by atoms with E-state index < -0.39 is 0 Å². The van der Waals surface area contributed by atoms with Crippen LogP contribution in [0.1, 0.15) is 19.3 Å². The number of carbonyl (C=O) groups is 1. The van der Waals surface area contributed by atoms with Gasteiger partial charge in [0.2, 0.25) is 0 Å². The number of unbranched alkanes of at least 4 members (excludes halogenated alkanes) is 2. The number of nitrogens with zero attached hydrogens (tertiary/aromatic N) is 1.